The molecule has 1 fully saturated rings. The minimum Gasteiger partial charge on any atom is -0.281 e. The second-order valence-electron chi connectivity index (χ2n) is 3.96. The van der Waals surface area contributed by atoms with Gasteiger partial charge >= 0.3 is 6.18 Å². The minimum atomic E-state index is -4.33. The van der Waals surface area contributed by atoms with Crippen LogP contribution in [0.2, 0.25) is 0 Å². The van der Waals surface area contributed by atoms with Crippen LogP contribution < -0.4 is 5.43 Å². The summed E-state index contributed by atoms with van der Waals surface area (Å²) in [5.74, 6) is -0.0742. The summed E-state index contributed by atoms with van der Waals surface area (Å²) in [6.45, 7) is 0. The van der Waals surface area contributed by atoms with Crippen LogP contribution >= 0.6 is 0 Å². The summed E-state index contributed by atoms with van der Waals surface area (Å²) in [5.41, 5.74) is 2.88. The van der Waals surface area contributed by atoms with E-state index < -0.39 is 11.7 Å². The van der Waals surface area contributed by atoms with Crippen LogP contribution in [0.5, 0.6) is 0 Å². The van der Waals surface area contributed by atoms with Crippen molar-refractivity contribution in [2.24, 2.45) is 0 Å². The maximum Gasteiger partial charge on any atom is 0.416 e. The zero-order valence-electron chi connectivity index (χ0n) is 9.08. The van der Waals surface area contributed by atoms with Gasteiger partial charge in [-0.15, -0.1) is 0 Å². The van der Waals surface area contributed by atoms with Crippen LogP contribution in [0.25, 0.3) is 0 Å². The van der Waals surface area contributed by atoms with Crippen molar-refractivity contribution in [3.63, 3.8) is 0 Å². The fourth-order valence-corrected chi connectivity index (χ4v) is 1.76. The summed E-state index contributed by atoms with van der Waals surface area (Å²) in [6, 6.07) is 4.61. The first-order chi connectivity index (χ1) is 7.88. The predicted octanol–water partition coefficient (Wildman–Crippen LogP) is 2.11. The highest BCUT2D eigenvalue weighted by molar-refractivity contribution is 5.78. The Morgan fingerprint density at radius 3 is 2.29 bits per heavy atom. The molecule has 0 spiro atoms. The van der Waals surface area contributed by atoms with Crippen LogP contribution in [0.4, 0.5) is 13.2 Å². The number of carbonyl (C=O) groups excluding carboxylic acids is 1. The molecule has 6 heteroatoms. The Morgan fingerprint density at radius 2 is 1.88 bits per heavy atom. The van der Waals surface area contributed by atoms with Gasteiger partial charge in [-0.1, -0.05) is 12.1 Å². The van der Waals surface area contributed by atoms with E-state index in [0.29, 0.717) is 5.56 Å². The molecule has 1 amide bonds. The smallest absolute Gasteiger partial charge is 0.281 e. The number of nitrogens with zero attached hydrogens (tertiary/aromatic N) is 1. The zero-order valence-corrected chi connectivity index (χ0v) is 9.08. The highest BCUT2D eigenvalue weighted by Crippen LogP contribution is 2.31. The molecule has 1 N–H and O–H groups in total. The number of halogens is 3. The Morgan fingerprint density at radius 1 is 1.29 bits per heavy atom. The Bertz CT molecular complexity index is 427. The molecule has 0 radical (unpaired) electrons. The SMILES string of the molecule is CN1NC(c2ccc(C(F)(F)F)cc2)CC1=O. The summed E-state index contributed by atoms with van der Waals surface area (Å²) in [6.07, 6.45) is -4.06. The van der Waals surface area contributed by atoms with E-state index in [0.717, 1.165) is 12.1 Å². The van der Waals surface area contributed by atoms with Crippen molar-refractivity contribution in [1.29, 1.82) is 0 Å². The van der Waals surface area contributed by atoms with Crippen LogP contribution in [0.1, 0.15) is 23.6 Å². The number of nitrogens with one attached hydrogen (secondary N) is 1. The third kappa shape index (κ3) is 2.41. The maximum absolute atomic E-state index is 12.3. The average Bonchev–Trinajstić information content (AvgIpc) is 2.58. The van der Waals surface area contributed by atoms with Crippen molar-refractivity contribution in [3.8, 4) is 0 Å². The van der Waals surface area contributed by atoms with Gasteiger partial charge in [0.25, 0.3) is 0 Å². The summed E-state index contributed by atoms with van der Waals surface area (Å²) in [7, 11) is 1.59. The highest BCUT2D eigenvalue weighted by Gasteiger charge is 2.31. The van der Waals surface area contributed by atoms with Crippen molar-refractivity contribution in [2.75, 3.05) is 7.05 Å². The molecule has 0 saturated carbocycles. The van der Waals surface area contributed by atoms with Gasteiger partial charge in [-0.2, -0.15) is 13.2 Å². The molecule has 1 aliphatic rings. The molecular formula is C11H11F3N2O. The number of amides is 1. The molecule has 1 aliphatic heterocycles. The lowest BCUT2D eigenvalue weighted by molar-refractivity contribution is -0.137. The Hall–Kier alpha value is -1.56. The van der Waals surface area contributed by atoms with E-state index >= 15 is 0 Å². The van der Waals surface area contributed by atoms with Gasteiger partial charge in [0, 0.05) is 13.5 Å². The molecule has 1 saturated heterocycles. The number of hydrogen-bond donors (Lipinski definition) is 1. The van der Waals surface area contributed by atoms with Crippen molar-refractivity contribution in [2.45, 2.75) is 18.6 Å². The monoisotopic (exact) mass is 244 g/mol. The lowest BCUT2D eigenvalue weighted by Gasteiger charge is -2.14. The molecule has 17 heavy (non-hydrogen) atoms. The topological polar surface area (TPSA) is 32.3 Å². The second-order valence-corrected chi connectivity index (χ2v) is 3.96. The molecule has 1 aromatic carbocycles. The lowest BCUT2D eigenvalue weighted by atomic mass is 10.0. The Balaban J connectivity index is 2.17. The molecule has 0 aromatic heterocycles. The van der Waals surface area contributed by atoms with Gasteiger partial charge in [-0.25, -0.2) is 5.43 Å². The third-order valence-corrected chi connectivity index (χ3v) is 2.74. The van der Waals surface area contributed by atoms with E-state index in [1.165, 1.54) is 17.1 Å². The fraction of sp³-hybridized carbons (Fsp3) is 0.364. The number of alkyl halides is 3. The van der Waals surface area contributed by atoms with Gasteiger partial charge in [0.2, 0.25) is 5.91 Å². The van der Waals surface area contributed by atoms with E-state index in [1.54, 1.807) is 7.05 Å². The van der Waals surface area contributed by atoms with E-state index in [1.807, 2.05) is 0 Å². The fourth-order valence-electron chi connectivity index (χ4n) is 1.76. The van der Waals surface area contributed by atoms with Gasteiger partial charge in [0.15, 0.2) is 0 Å². The van der Waals surface area contributed by atoms with E-state index in [9.17, 15) is 18.0 Å². The van der Waals surface area contributed by atoms with Crippen molar-refractivity contribution < 1.29 is 18.0 Å². The first-order valence-corrected chi connectivity index (χ1v) is 5.08. The van der Waals surface area contributed by atoms with Gasteiger partial charge in [-0.05, 0) is 17.7 Å². The first kappa shape index (κ1) is 11.9. The molecule has 0 aliphatic carbocycles. The summed E-state index contributed by atoms with van der Waals surface area (Å²) in [4.78, 5) is 11.3. The molecule has 3 nitrogen and oxygen atoms in total. The largest absolute Gasteiger partial charge is 0.416 e. The number of carbonyl (C=O) groups is 1. The molecular weight excluding hydrogens is 233 g/mol. The van der Waals surface area contributed by atoms with E-state index in [2.05, 4.69) is 5.43 Å². The lowest BCUT2D eigenvalue weighted by Crippen LogP contribution is -2.30. The Kier molecular flexibility index (Phi) is 2.82. The van der Waals surface area contributed by atoms with Crippen LogP contribution in [0.15, 0.2) is 24.3 Å². The van der Waals surface area contributed by atoms with Crippen LogP contribution in [-0.2, 0) is 11.0 Å². The van der Waals surface area contributed by atoms with Crippen LogP contribution in [-0.4, -0.2) is 18.0 Å². The van der Waals surface area contributed by atoms with Gasteiger partial charge < -0.3 is 0 Å². The van der Waals surface area contributed by atoms with Crippen molar-refractivity contribution >= 4 is 5.91 Å². The highest BCUT2D eigenvalue weighted by atomic mass is 19.4. The number of benzene rings is 1. The Labute approximate surface area is 96.2 Å². The average molecular weight is 244 g/mol. The third-order valence-electron chi connectivity index (χ3n) is 2.74. The number of rotatable bonds is 1. The normalized spacial score (nSPS) is 21.1. The van der Waals surface area contributed by atoms with E-state index in [4.69, 9.17) is 0 Å². The zero-order chi connectivity index (χ0) is 12.6. The molecule has 2 rings (SSSR count). The quantitative estimate of drug-likeness (QED) is 0.820. The summed E-state index contributed by atoms with van der Waals surface area (Å²) >= 11 is 0. The molecule has 0 bridgehead atoms. The van der Waals surface area contributed by atoms with Gasteiger partial charge in [0.05, 0.1) is 11.6 Å². The van der Waals surface area contributed by atoms with Crippen LogP contribution in [0.3, 0.4) is 0 Å². The molecule has 1 aromatic rings. The minimum absolute atomic E-state index is 0.0742. The summed E-state index contributed by atoms with van der Waals surface area (Å²) < 4.78 is 37.0. The number of hydrazine groups is 1. The van der Waals surface area contributed by atoms with E-state index in [-0.39, 0.29) is 18.4 Å². The summed E-state index contributed by atoms with van der Waals surface area (Å²) in [5, 5.41) is 1.35. The molecule has 1 atom stereocenters. The second kappa shape index (κ2) is 4.03. The maximum atomic E-state index is 12.3. The predicted molar refractivity (Wildman–Crippen MR) is 54.7 cm³/mol. The van der Waals surface area contributed by atoms with Gasteiger partial charge in [-0.3, -0.25) is 9.80 Å². The first-order valence-electron chi connectivity index (χ1n) is 5.08. The van der Waals surface area contributed by atoms with Crippen molar-refractivity contribution in [3.05, 3.63) is 35.4 Å². The standard InChI is InChI=1S/C11H11F3N2O/c1-16-10(17)6-9(15-16)7-2-4-8(5-3-7)11(12,13)14/h2-5,9,15H,6H2,1H3. The number of hydrogen-bond acceptors (Lipinski definition) is 2. The molecule has 1 unspecified atom stereocenters. The van der Waals surface area contributed by atoms with Crippen LogP contribution in [0, 0.1) is 0 Å². The molecule has 1 heterocycles. The molecule has 92 valence electrons. The van der Waals surface area contributed by atoms with Crippen molar-refractivity contribution in [1.82, 2.24) is 10.4 Å². The van der Waals surface area contributed by atoms with Gasteiger partial charge in [0.1, 0.15) is 0 Å².